The topological polar surface area (TPSA) is 64.7 Å². The molecule has 2 aliphatic rings. The quantitative estimate of drug-likeness (QED) is 0.756. The number of piperazine rings is 1. The Kier molecular flexibility index (Phi) is 4.21. The van der Waals surface area contributed by atoms with Crippen LogP contribution in [0.3, 0.4) is 0 Å². The van der Waals surface area contributed by atoms with Crippen LogP contribution in [0.1, 0.15) is 27.7 Å². The molecule has 130 valence electrons. The zero-order valence-corrected chi connectivity index (χ0v) is 15.1. The van der Waals surface area contributed by atoms with Gasteiger partial charge in [0.25, 0.3) is 0 Å². The number of amides is 3. The molecule has 1 saturated heterocycles. The largest absolute Gasteiger partial charge is 0.325 e. The van der Waals surface area contributed by atoms with E-state index >= 15 is 0 Å². The smallest absolute Gasteiger partial charge is 0.322 e. The van der Waals surface area contributed by atoms with Gasteiger partial charge in [0.05, 0.1) is 11.4 Å². The van der Waals surface area contributed by atoms with Gasteiger partial charge in [-0.2, -0.15) is 0 Å². The third-order valence-electron chi connectivity index (χ3n) is 4.58. The minimum atomic E-state index is -0.994. The van der Waals surface area contributed by atoms with E-state index < -0.39 is 5.54 Å². The number of urea groups is 1. The van der Waals surface area contributed by atoms with Gasteiger partial charge in [0.2, 0.25) is 5.91 Å². The molecule has 3 amide bonds. The first-order chi connectivity index (χ1) is 11.2. The third kappa shape index (κ3) is 2.84. The molecule has 0 aromatic heterocycles. The molecule has 0 radical (unpaired) electrons. The zero-order valence-electron chi connectivity index (χ0n) is 14.4. The summed E-state index contributed by atoms with van der Waals surface area (Å²) in [5.41, 5.74) is 0.246. The molecule has 2 heterocycles. The van der Waals surface area contributed by atoms with Gasteiger partial charge in [-0.05, 0) is 45.9 Å². The van der Waals surface area contributed by atoms with Gasteiger partial charge in [0, 0.05) is 30.2 Å². The predicted molar refractivity (Wildman–Crippen MR) is 95.7 cm³/mol. The molecule has 0 unspecified atom stereocenters. The van der Waals surface area contributed by atoms with E-state index in [0.29, 0.717) is 29.5 Å². The van der Waals surface area contributed by atoms with Crippen LogP contribution in [0.15, 0.2) is 18.2 Å². The predicted octanol–water partition coefficient (Wildman–Crippen LogP) is 2.68. The highest BCUT2D eigenvalue weighted by molar-refractivity contribution is 6.31. The number of carbonyl (C=O) groups is 2. The van der Waals surface area contributed by atoms with E-state index in [1.165, 1.54) is 0 Å². The van der Waals surface area contributed by atoms with Crippen LogP contribution >= 0.6 is 11.6 Å². The maximum Gasteiger partial charge on any atom is 0.325 e. The maximum atomic E-state index is 13.3. The van der Waals surface area contributed by atoms with Crippen molar-refractivity contribution in [3.05, 3.63) is 23.2 Å². The lowest BCUT2D eigenvalue weighted by atomic mass is 9.96. The highest BCUT2D eigenvalue weighted by Crippen LogP contribution is 2.39. The first-order valence-corrected chi connectivity index (χ1v) is 8.54. The van der Waals surface area contributed by atoms with E-state index in [9.17, 15) is 9.59 Å². The molecule has 6 nitrogen and oxygen atoms in total. The van der Waals surface area contributed by atoms with Crippen molar-refractivity contribution in [2.24, 2.45) is 0 Å². The van der Waals surface area contributed by atoms with Crippen LogP contribution in [0.2, 0.25) is 5.02 Å². The fourth-order valence-corrected chi connectivity index (χ4v) is 3.61. The van der Waals surface area contributed by atoms with E-state index in [4.69, 9.17) is 11.6 Å². The van der Waals surface area contributed by atoms with Crippen molar-refractivity contribution in [2.75, 3.05) is 23.3 Å². The number of anilines is 2. The fourth-order valence-electron chi connectivity index (χ4n) is 3.44. The van der Waals surface area contributed by atoms with Gasteiger partial charge in [-0.1, -0.05) is 11.6 Å². The summed E-state index contributed by atoms with van der Waals surface area (Å²) in [6, 6.07) is 5.41. The summed E-state index contributed by atoms with van der Waals surface area (Å²) in [5.74, 6) is -0.207. The number of nitrogens with one attached hydrogen (secondary N) is 2. The van der Waals surface area contributed by atoms with Gasteiger partial charge in [0.15, 0.2) is 0 Å². The normalized spacial score (nSPS) is 26.0. The molecule has 2 atom stereocenters. The van der Waals surface area contributed by atoms with Crippen LogP contribution in [-0.4, -0.2) is 47.6 Å². The van der Waals surface area contributed by atoms with Crippen LogP contribution < -0.4 is 15.5 Å². The van der Waals surface area contributed by atoms with Gasteiger partial charge in [0.1, 0.15) is 5.54 Å². The monoisotopic (exact) mass is 350 g/mol. The first-order valence-electron chi connectivity index (χ1n) is 8.16. The molecule has 1 aromatic carbocycles. The standard InChI is InChI=1S/C17H23ClN4O2/c1-10-8-21(9-11(2)19-10)16(24)22-14-7-12(18)5-6-13(14)20-15(23)17(22,3)4/h5-7,10-11,19H,8-9H2,1-4H3,(H,20,23)/t10-,11+. The summed E-state index contributed by atoms with van der Waals surface area (Å²) in [5, 5.41) is 6.80. The average molecular weight is 351 g/mol. The van der Waals surface area contributed by atoms with Gasteiger partial charge in [-0.25, -0.2) is 4.79 Å². The summed E-state index contributed by atoms with van der Waals surface area (Å²) >= 11 is 6.13. The van der Waals surface area contributed by atoms with E-state index in [-0.39, 0.29) is 24.0 Å². The molecule has 0 saturated carbocycles. The Morgan fingerprint density at radius 3 is 2.50 bits per heavy atom. The number of hydrogen-bond acceptors (Lipinski definition) is 3. The second kappa shape index (κ2) is 5.93. The molecule has 0 bridgehead atoms. The summed E-state index contributed by atoms with van der Waals surface area (Å²) in [4.78, 5) is 29.2. The number of halogens is 1. The Hall–Kier alpha value is -1.79. The van der Waals surface area contributed by atoms with Gasteiger partial charge >= 0.3 is 6.03 Å². The molecule has 0 spiro atoms. The average Bonchev–Trinajstić information content (AvgIpc) is 2.47. The highest BCUT2D eigenvalue weighted by atomic mass is 35.5. The second-order valence-corrected chi connectivity index (χ2v) is 7.60. The van der Waals surface area contributed by atoms with Gasteiger partial charge in [-0.15, -0.1) is 0 Å². The lowest BCUT2D eigenvalue weighted by Crippen LogP contribution is -2.65. The molecule has 1 fully saturated rings. The van der Waals surface area contributed by atoms with Crippen LogP contribution in [-0.2, 0) is 4.79 Å². The van der Waals surface area contributed by atoms with Gasteiger partial charge < -0.3 is 15.5 Å². The van der Waals surface area contributed by atoms with Crippen LogP contribution in [0.25, 0.3) is 0 Å². The molecule has 3 rings (SSSR count). The number of benzene rings is 1. The lowest BCUT2D eigenvalue weighted by Gasteiger charge is -2.46. The van der Waals surface area contributed by atoms with E-state index in [1.807, 2.05) is 0 Å². The van der Waals surface area contributed by atoms with Crippen LogP contribution in [0.4, 0.5) is 16.2 Å². The molecule has 2 aliphatic heterocycles. The summed E-state index contributed by atoms with van der Waals surface area (Å²) in [6.45, 7) is 8.81. The number of nitrogens with zero attached hydrogens (tertiary/aromatic N) is 2. The van der Waals surface area contributed by atoms with Crippen LogP contribution in [0, 0.1) is 0 Å². The Labute approximate surface area is 147 Å². The maximum absolute atomic E-state index is 13.3. The van der Waals surface area contributed by atoms with Crippen molar-refractivity contribution in [3.63, 3.8) is 0 Å². The Bertz CT molecular complexity index is 681. The summed E-state index contributed by atoms with van der Waals surface area (Å²) in [7, 11) is 0. The molecular weight excluding hydrogens is 328 g/mol. The molecule has 1 aromatic rings. The summed E-state index contributed by atoms with van der Waals surface area (Å²) < 4.78 is 0. The third-order valence-corrected chi connectivity index (χ3v) is 4.82. The van der Waals surface area contributed by atoms with Crippen LogP contribution in [0.5, 0.6) is 0 Å². The second-order valence-electron chi connectivity index (χ2n) is 7.17. The van der Waals surface area contributed by atoms with E-state index in [1.54, 1.807) is 41.8 Å². The van der Waals surface area contributed by atoms with Crippen molar-refractivity contribution in [1.82, 2.24) is 10.2 Å². The minimum absolute atomic E-state index is 0.168. The summed E-state index contributed by atoms with van der Waals surface area (Å²) in [6.07, 6.45) is 0. The fraction of sp³-hybridized carbons (Fsp3) is 0.529. The van der Waals surface area contributed by atoms with Crippen molar-refractivity contribution in [1.29, 1.82) is 0 Å². The first kappa shape index (κ1) is 17.0. The highest BCUT2D eigenvalue weighted by Gasteiger charge is 2.45. The number of carbonyl (C=O) groups excluding carboxylic acids is 2. The molecular formula is C17H23ClN4O2. The van der Waals surface area contributed by atoms with Crippen molar-refractivity contribution >= 4 is 34.9 Å². The number of hydrogen-bond donors (Lipinski definition) is 2. The van der Waals surface area contributed by atoms with E-state index in [0.717, 1.165) is 0 Å². The molecule has 7 heteroatoms. The SMILES string of the molecule is C[C@@H]1CN(C(=O)N2c3cc(Cl)ccc3NC(=O)C2(C)C)C[C@H](C)N1. The molecule has 24 heavy (non-hydrogen) atoms. The molecule has 2 N–H and O–H groups in total. The van der Waals surface area contributed by atoms with E-state index in [2.05, 4.69) is 24.5 Å². The Balaban J connectivity index is 2.02. The Morgan fingerprint density at radius 1 is 1.25 bits per heavy atom. The van der Waals surface area contributed by atoms with Crippen molar-refractivity contribution in [2.45, 2.75) is 45.3 Å². The Morgan fingerprint density at radius 2 is 1.88 bits per heavy atom. The van der Waals surface area contributed by atoms with Crippen molar-refractivity contribution in [3.8, 4) is 0 Å². The van der Waals surface area contributed by atoms with Gasteiger partial charge in [-0.3, -0.25) is 9.69 Å². The molecule has 0 aliphatic carbocycles. The number of rotatable bonds is 0. The van der Waals surface area contributed by atoms with Crippen molar-refractivity contribution < 1.29 is 9.59 Å². The lowest BCUT2D eigenvalue weighted by molar-refractivity contribution is -0.120. The zero-order chi connectivity index (χ0) is 17.6. The number of fused-ring (bicyclic) bond motifs is 1. The minimum Gasteiger partial charge on any atom is -0.322 e.